The third-order valence-corrected chi connectivity index (χ3v) is 4.61. The van der Waals surface area contributed by atoms with Gasteiger partial charge in [-0.2, -0.15) is 5.26 Å². The molecule has 2 aromatic rings. The van der Waals surface area contributed by atoms with Crippen LogP contribution in [0.2, 0.25) is 0 Å². The highest BCUT2D eigenvalue weighted by atomic mass is 16.4. The molecule has 5 nitrogen and oxygen atoms in total. The quantitative estimate of drug-likeness (QED) is 0.857. The lowest BCUT2D eigenvalue weighted by molar-refractivity contribution is 0.113. The van der Waals surface area contributed by atoms with Gasteiger partial charge in [0.2, 0.25) is 5.89 Å². The normalized spacial score (nSPS) is 16.7. The average Bonchev–Trinajstić information content (AvgIpc) is 3.06. The molecule has 0 N–H and O–H groups in total. The second kappa shape index (κ2) is 7.38. The van der Waals surface area contributed by atoms with Crippen LogP contribution in [-0.2, 0) is 18.5 Å². The van der Waals surface area contributed by atoms with Crippen LogP contribution in [-0.4, -0.2) is 41.0 Å². The Bertz CT molecular complexity index is 728. The zero-order valence-electron chi connectivity index (χ0n) is 15.3. The fourth-order valence-corrected chi connectivity index (χ4v) is 2.97. The van der Waals surface area contributed by atoms with Crippen LogP contribution in [0.25, 0.3) is 0 Å². The van der Waals surface area contributed by atoms with E-state index in [1.807, 2.05) is 30.5 Å². The van der Waals surface area contributed by atoms with Crippen LogP contribution in [0.4, 0.5) is 0 Å². The average molecular weight is 338 g/mol. The molecule has 132 valence electrons. The number of nitrogens with zero attached hydrogens (tertiary/aromatic N) is 4. The molecular weight excluding hydrogens is 312 g/mol. The first kappa shape index (κ1) is 17.7. The molecular formula is C20H26N4O. The summed E-state index contributed by atoms with van der Waals surface area (Å²) in [6.45, 7) is 12.2. The summed E-state index contributed by atoms with van der Waals surface area (Å²) in [7, 11) is 0. The van der Waals surface area contributed by atoms with Gasteiger partial charge < -0.3 is 4.42 Å². The maximum absolute atomic E-state index is 8.87. The third-order valence-electron chi connectivity index (χ3n) is 4.61. The summed E-state index contributed by atoms with van der Waals surface area (Å²) >= 11 is 0. The Kier molecular flexibility index (Phi) is 5.22. The van der Waals surface area contributed by atoms with E-state index in [4.69, 9.17) is 9.68 Å². The van der Waals surface area contributed by atoms with Crippen molar-refractivity contribution >= 4 is 0 Å². The predicted octanol–water partition coefficient (Wildman–Crippen LogP) is 3.16. The Balaban J connectivity index is 1.48. The highest BCUT2D eigenvalue weighted by molar-refractivity contribution is 5.31. The smallest absolute Gasteiger partial charge is 0.208 e. The van der Waals surface area contributed by atoms with Crippen molar-refractivity contribution in [3.8, 4) is 6.07 Å². The van der Waals surface area contributed by atoms with Gasteiger partial charge in [0.1, 0.15) is 5.76 Å². The number of nitriles is 1. The van der Waals surface area contributed by atoms with Gasteiger partial charge >= 0.3 is 0 Å². The van der Waals surface area contributed by atoms with Crippen LogP contribution in [0.3, 0.4) is 0 Å². The summed E-state index contributed by atoms with van der Waals surface area (Å²) in [5, 5.41) is 8.87. The first-order valence-electron chi connectivity index (χ1n) is 8.83. The molecule has 0 unspecified atom stereocenters. The van der Waals surface area contributed by atoms with E-state index < -0.39 is 0 Å². The molecule has 5 heteroatoms. The second-order valence-electron chi connectivity index (χ2n) is 7.73. The Morgan fingerprint density at radius 3 is 2.16 bits per heavy atom. The van der Waals surface area contributed by atoms with Gasteiger partial charge in [-0.25, -0.2) is 4.98 Å². The molecule has 1 aromatic carbocycles. The summed E-state index contributed by atoms with van der Waals surface area (Å²) in [6.07, 6.45) is 1.86. The lowest BCUT2D eigenvalue weighted by atomic mass is 9.94. The van der Waals surface area contributed by atoms with Gasteiger partial charge in [0.15, 0.2) is 0 Å². The van der Waals surface area contributed by atoms with Crippen molar-refractivity contribution in [3.05, 3.63) is 53.2 Å². The lowest BCUT2D eigenvalue weighted by Crippen LogP contribution is -2.45. The Morgan fingerprint density at radius 2 is 1.64 bits per heavy atom. The molecule has 0 atom stereocenters. The SMILES string of the molecule is CC(C)(C)c1cnc(CN2CCN(Cc3ccc(C#N)cc3)CC2)o1. The molecule has 1 aliphatic heterocycles. The van der Waals surface area contributed by atoms with Crippen LogP contribution in [0.1, 0.15) is 43.5 Å². The van der Waals surface area contributed by atoms with Crippen LogP contribution >= 0.6 is 0 Å². The fourth-order valence-electron chi connectivity index (χ4n) is 2.97. The Hall–Kier alpha value is -2.16. The van der Waals surface area contributed by atoms with Gasteiger partial charge in [0.05, 0.1) is 24.4 Å². The maximum atomic E-state index is 8.87. The van der Waals surface area contributed by atoms with Crippen LogP contribution in [0.15, 0.2) is 34.9 Å². The Morgan fingerprint density at radius 1 is 1.04 bits per heavy atom. The van der Waals surface area contributed by atoms with Crippen molar-refractivity contribution in [2.75, 3.05) is 26.2 Å². The summed E-state index contributed by atoms with van der Waals surface area (Å²) in [6, 6.07) is 10.0. The van der Waals surface area contributed by atoms with Gasteiger partial charge in [0.25, 0.3) is 0 Å². The van der Waals surface area contributed by atoms with E-state index >= 15 is 0 Å². The number of hydrogen-bond acceptors (Lipinski definition) is 5. The molecule has 3 rings (SSSR count). The van der Waals surface area contributed by atoms with Gasteiger partial charge in [-0.05, 0) is 17.7 Å². The third kappa shape index (κ3) is 4.68. The summed E-state index contributed by atoms with van der Waals surface area (Å²) in [4.78, 5) is 9.28. The molecule has 1 fully saturated rings. The molecule has 1 aliphatic rings. The van der Waals surface area contributed by atoms with E-state index in [-0.39, 0.29) is 5.41 Å². The number of aromatic nitrogens is 1. The number of oxazole rings is 1. The van der Waals surface area contributed by atoms with Crippen molar-refractivity contribution in [1.82, 2.24) is 14.8 Å². The Labute approximate surface area is 149 Å². The van der Waals surface area contributed by atoms with Crippen molar-refractivity contribution in [1.29, 1.82) is 5.26 Å². The minimum absolute atomic E-state index is 0.00500. The van der Waals surface area contributed by atoms with Gasteiger partial charge in [-0.15, -0.1) is 0 Å². The predicted molar refractivity (Wildman–Crippen MR) is 96.9 cm³/mol. The maximum Gasteiger partial charge on any atom is 0.208 e. The summed E-state index contributed by atoms with van der Waals surface area (Å²) < 4.78 is 5.90. The van der Waals surface area contributed by atoms with Crippen molar-refractivity contribution < 1.29 is 4.42 Å². The molecule has 25 heavy (non-hydrogen) atoms. The number of benzene rings is 1. The standard InChI is InChI=1S/C20H26N4O/c1-20(2,3)18-13-22-19(25-18)15-24-10-8-23(9-11-24)14-17-6-4-16(12-21)5-7-17/h4-7,13H,8-11,14-15H2,1-3H3. The lowest BCUT2D eigenvalue weighted by Gasteiger charge is -2.34. The van der Waals surface area contributed by atoms with E-state index in [1.54, 1.807) is 0 Å². The summed E-state index contributed by atoms with van der Waals surface area (Å²) in [5.41, 5.74) is 1.98. The second-order valence-corrected chi connectivity index (χ2v) is 7.73. The number of piperazine rings is 1. The zero-order valence-corrected chi connectivity index (χ0v) is 15.3. The fraction of sp³-hybridized carbons (Fsp3) is 0.500. The van der Waals surface area contributed by atoms with Crippen LogP contribution in [0.5, 0.6) is 0 Å². The van der Waals surface area contributed by atoms with E-state index in [0.717, 1.165) is 50.9 Å². The van der Waals surface area contributed by atoms with Gasteiger partial charge in [-0.1, -0.05) is 32.9 Å². The van der Waals surface area contributed by atoms with Crippen LogP contribution in [0, 0.1) is 11.3 Å². The van der Waals surface area contributed by atoms with Gasteiger partial charge in [-0.3, -0.25) is 9.80 Å². The first-order chi connectivity index (χ1) is 11.9. The molecule has 0 aliphatic carbocycles. The highest BCUT2D eigenvalue weighted by Crippen LogP contribution is 2.23. The minimum atomic E-state index is 0.00500. The van der Waals surface area contributed by atoms with Crippen molar-refractivity contribution in [2.45, 2.75) is 39.3 Å². The zero-order chi connectivity index (χ0) is 17.9. The van der Waals surface area contributed by atoms with E-state index in [0.29, 0.717) is 5.56 Å². The van der Waals surface area contributed by atoms with Crippen molar-refractivity contribution in [2.24, 2.45) is 0 Å². The highest BCUT2D eigenvalue weighted by Gasteiger charge is 2.22. The number of rotatable bonds is 4. The molecule has 0 amide bonds. The molecule has 0 saturated carbocycles. The topological polar surface area (TPSA) is 56.3 Å². The summed E-state index contributed by atoms with van der Waals surface area (Å²) in [5.74, 6) is 1.76. The molecule has 2 heterocycles. The largest absolute Gasteiger partial charge is 0.444 e. The van der Waals surface area contributed by atoms with E-state index in [2.05, 4.69) is 41.6 Å². The minimum Gasteiger partial charge on any atom is -0.444 e. The van der Waals surface area contributed by atoms with E-state index in [9.17, 15) is 0 Å². The number of hydrogen-bond donors (Lipinski definition) is 0. The molecule has 1 aromatic heterocycles. The molecule has 0 radical (unpaired) electrons. The first-order valence-corrected chi connectivity index (χ1v) is 8.83. The van der Waals surface area contributed by atoms with Crippen LogP contribution < -0.4 is 0 Å². The van der Waals surface area contributed by atoms with Crippen molar-refractivity contribution in [3.63, 3.8) is 0 Å². The monoisotopic (exact) mass is 338 g/mol. The molecule has 0 spiro atoms. The van der Waals surface area contributed by atoms with Gasteiger partial charge in [0, 0.05) is 38.1 Å². The van der Waals surface area contributed by atoms with E-state index in [1.165, 1.54) is 5.56 Å². The molecule has 1 saturated heterocycles. The molecule has 0 bridgehead atoms.